The highest BCUT2D eigenvalue weighted by atomic mass is 15.0. The molecule has 0 fully saturated rings. The van der Waals surface area contributed by atoms with E-state index in [1.54, 1.807) is 0 Å². The van der Waals surface area contributed by atoms with Crippen molar-refractivity contribution in [3.05, 3.63) is 0 Å². The Kier molecular flexibility index (Phi) is 9.77. The largest absolute Gasteiger partial charge is 0.316 e. The maximum absolute atomic E-state index is 3.33. The lowest BCUT2D eigenvalue weighted by molar-refractivity contribution is 0.596. The maximum Gasteiger partial charge on any atom is 0.00772 e. The molecule has 0 aliphatic heterocycles. The van der Waals surface area contributed by atoms with Crippen LogP contribution in [0.25, 0.3) is 0 Å². The lowest BCUT2D eigenvalue weighted by atomic mass is 10.5. The van der Waals surface area contributed by atoms with Crippen molar-refractivity contribution in [3.8, 4) is 0 Å². The van der Waals surface area contributed by atoms with Gasteiger partial charge in [0.2, 0.25) is 0 Å². The van der Waals surface area contributed by atoms with Crippen LogP contribution in [-0.2, 0) is 0 Å². The van der Waals surface area contributed by atoms with E-state index in [1.807, 2.05) is 0 Å². The molecule has 0 aliphatic carbocycles. The van der Waals surface area contributed by atoms with Crippen molar-refractivity contribution in [3.63, 3.8) is 0 Å². The third kappa shape index (κ3) is 9.88. The fraction of sp³-hybridized carbons (Fsp3) is 1.00. The van der Waals surface area contributed by atoms with Crippen LogP contribution < -0.4 is 16.0 Å². The topological polar surface area (TPSA) is 36.1 Å². The first-order valence-corrected chi connectivity index (χ1v) is 4.54. The Hall–Kier alpha value is -0.120. The summed E-state index contributed by atoms with van der Waals surface area (Å²) < 4.78 is 0. The van der Waals surface area contributed by atoms with Gasteiger partial charge in [0, 0.05) is 26.2 Å². The normalized spacial score (nSPS) is 10.4. The van der Waals surface area contributed by atoms with Crippen LogP contribution in [0.5, 0.6) is 0 Å². The fourth-order valence-corrected chi connectivity index (χ4v) is 0.832. The Morgan fingerprint density at radius 3 is 1.36 bits per heavy atom. The van der Waals surface area contributed by atoms with Crippen molar-refractivity contribution in [1.29, 1.82) is 0 Å². The first-order chi connectivity index (χ1) is 5.41. The van der Waals surface area contributed by atoms with Gasteiger partial charge in [-0.15, -0.1) is 0 Å². The first kappa shape index (κ1) is 10.9. The maximum atomic E-state index is 3.33. The van der Waals surface area contributed by atoms with Gasteiger partial charge in [0.1, 0.15) is 0 Å². The molecule has 0 rings (SSSR count). The van der Waals surface area contributed by atoms with Crippen molar-refractivity contribution in [1.82, 2.24) is 16.0 Å². The number of nitrogens with one attached hydrogen (secondary N) is 3. The van der Waals surface area contributed by atoms with E-state index in [1.165, 1.54) is 0 Å². The van der Waals surface area contributed by atoms with E-state index in [2.05, 4.69) is 29.8 Å². The molecule has 3 N–H and O–H groups in total. The Bertz CT molecular complexity index is 58.4. The summed E-state index contributed by atoms with van der Waals surface area (Å²) in [6.07, 6.45) is 0. The predicted molar refractivity (Wildman–Crippen MR) is 50.0 cm³/mol. The predicted octanol–water partition coefficient (Wildman–Crippen LogP) is -0.205. The van der Waals surface area contributed by atoms with E-state index in [-0.39, 0.29) is 0 Å². The van der Waals surface area contributed by atoms with Crippen molar-refractivity contribution in [2.45, 2.75) is 13.8 Å². The molecule has 0 heterocycles. The summed E-state index contributed by atoms with van der Waals surface area (Å²) in [5, 5.41) is 9.84. The minimum absolute atomic E-state index is 1.06. The molecule has 68 valence electrons. The summed E-state index contributed by atoms with van der Waals surface area (Å²) in [6, 6.07) is 0. The number of rotatable bonds is 8. The summed E-state index contributed by atoms with van der Waals surface area (Å²) in [5.41, 5.74) is 0. The summed E-state index contributed by atoms with van der Waals surface area (Å²) in [6.45, 7) is 10.7. The van der Waals surface area contributed by atoms with Crippen LogP contribution in [0.2, 0.25) is 0 Å². The number of hydrogen-bond acceptors (Lipinski definition) is 3. The van der Waals surface area contributed by atoms with Crippen molar-refractivity contribution < 1.29 is 0 Å². The highest BCUT2D eigenvalue weighted by Gasteiger charge is 1.84. The van der Waals surface area contributed by atoms with Gasteiger partial charge in [-0.3, -0.25) is 0 Å². The van der Waals surface area contributed by atoms with Gasteiger partial charge in [0.25, 0.3) is 0 Å². The van der Waals surface area contributed by atoms with E-state index in [0.29, 0.717) is 0 Å². The van der Waals surface area contributed by atoms with Gasteiger partial charge in [-0.05, 0) is 13.1 Å². The molecule has 0 radical (unpaired) electrons. The quantitative estimate of drug-likeness (QED) is 0.429. The van der Waals surface area contributed by atoms with Crippen LogP contribution in [-0.4, -0.2) is 39.3 Å². The van der Waals surface area contributed by atoms with E-state index in [9.17, 15) is 0 Å². The van der Waals surface area contributed by atoms with Gasteiger partial charge < -0.3 is 16.0 Å². The molecule has 0 aromatic carbocycles. The van der Waals surface area contributed by atoms with Crippen LogP contribution in [0.15, 0.2) is 0 Å². The highest BCUT2D eigenvalue weighted by Crippen LogP contribution is 1.60. The van der Waals surface area contributed by atoms with Crippen molar-refractivity contribution in [2.75, 3.05) is 39.3 Å². The molecule has 0 unspecified atom stereocenters. The lowest BCUT2D eigenvalue weighted by Gasteiger charge is -2.04. The van der Waals surface area contributed by atoms with Crippen LogP contribution in [0.4, 0.5) is 0 Å². The number of hydrogen-bond donors (Lipinski definition) is 3. The van der Waals surface area contributed by atoms with Gasteiger partial charge in [0.05, 0.1) is 0 Å². The SMILES string of the molecule is CCNCCNCCNCC. The monoisotopic (exact) mass is 159 g/mol. The van der Waals surface area contributed by atoms with Crippen molar-refractivity contribution >= 4 is 0 Å². The van der Waals surface area contributed by atoms with Gasteiger partial charge in [-0.25, -0.2) is 0 Å². The van der Waals surface area contributed by atoms with Gasteiger partial charge >= 0.3 is 0 Å². The van der Waals surface area contributed by atoms with E-state index in [0.717, 1.165) is 39.3 Å². The van der Waals surface area contributed by atoms with Gasteiger partial charge in [0.15, 0.2) is 0 Å². The van der Waals surface area contributed by atoms with Crippen LogP contribution in [0.3, 0.4) is 0 Å². The van der Waals surface area contributed by atoms with Crippen LogP contribution in [0, 0.1) is 0 Å². The third-order valence-corrected chi connectivity index (χ3v) is 1.46. The van der Waals surface area contributed by atoms with Gasteiger partial charge in [-0.1, -0.05) is 13.8 Å². The molecule has 0 aromatic heterocycles. The lowest BCUT2D eigenvalue weighted by Crippen LogP contribution is -2.32. The molecule has 0 atom stereocenters. The van der Waals surface area contributed by atoms with Gasteiger partial charge in [-0.2, -0.15) is 0 Å². The molecule has 3 nitrogen and oxygen atoms in total. The second-order valence-electron chi connectivity index (χ2n) is 2.46. The summed E-state index contributed by atoms with van der Waals surface area (Å²) in [7, 11) is 0. The zero-order valence-corrected chi connectivity index (χ0v) is 7.74. The standard InChI is InChI=1S/C8H21N3/c1-3-9-5-7-11-8-6-10-4-2/h9-11H,3-8H2,1-2H3. The van der Waals surface area contributed by atoms with E-state index in [4.69, 9.17) is 0 Å². The molecule has 0 saturated heterocycles. The molecular formula is C8H21N3. The molecule has 0 bridgehead atoms. The Labute approximate surface area is 69.9 Å². The van der Waals surface area contributed by atoms with E-state index >= 15 is 0 Å². The summed E-state index contributed by atoms with van der Waals surface area (Å²) in [4.78, 5) is 0. The van der Waals surface area contributed by atoms with Crippen LogP contribution >= 0.6 is 0 Å². The second kappa shape index (κ2) is 9.88. The molecule has 0 aromatic rings. The van der Waals surface area contributed by atoms with Crippen LogP contribution in [0.1, 0.15) is 13.8 Å². The minimum Gasteiger partial charge on any atom is -0.316 e. The molecule has 0 saturated carbocycles. The Morgan fingerprint density at radius 1 is 0.636 bits per heavy atom. The zero-order valence-electron chi connectivity index (χ0n) is 7.74. The van der Waals surface area contributed by atoms with Crippen molar-refractivity contribution in [2.24, 2.45) is 0 Å². The average Bonchev–Trinajstić information content (AvgIpc) is 2.03. The fourth-order valence-electron chi connectivity index (χ4n) is 0.832. The Balaban J connectivity index is 2.69. The average molecular weight is 159 g/mol. The molecule has 11 heavy (non-hydrogen) atoms. The second-order valence-corrected chi connectivity index (χ2v) is 2.46. The Morgan fingerprint density at radius 2 is 1.00 bits per heavy atom. The molecule has 0 aliphatic rings. The van der Waals surface area contributed by atoms with E-state index < -0.39 is 0 Å². The smallest absolute Gasteiger partial charge is 0.00772 e. The molecule has 3 heteroatoms. The minimum atomic E-state index is 1.06. The third-order valence-electron chi connectivity index (χ3n) is 1.46. The summed E-state index contributed by atoms with van der Waals surface area (Å²) in [5.74, 6) is 0. The highest BCUT2D eigenvalue weighted by molar-refractivity contribution is 4.52. The molecular weight excluding hydrogens is 138 g/mol. The number of likely N-dealkylation sites (N-methyl/N-ethyl adjacent to an activating group) is 2. The summed E-state index contributed by atoms with van der Waals surface area (Å²) >= 11 is 0. The molecule has 0 amide bonds. The molecule has 0 spiro atoms. The zero-order chi connectivity index (χ0) is 8.36. The first-order valence-electron chi connectivity index (χ1n) is 4.54.